The number of nitrogens with zero attached hydrogens (tertiary/aromatic N) is 2. The van der Waals surface area contributed by atoms with E-state index in [1.165, 1.54) is 0 Å². The molecule has 1 amide bonds. The van der Waals surface area contributed by atoms with Gasteiger partial charge in [-0.2, -0.15) is 0 Å². The SMILES string of the molecule is CCN(CC(=O)N(CC)c1ccccc1)CC(C)C(=O)O. The van der Waals surface area contributed by atoms with Crippen LogP contribution in [0.25, 0.3) is 0 Å². The van der Waals surface area contributed by atoms with Crippen LogP contribution >= 0.6 is 0 Å². The van der Waals surface area contributed by atoms with Crippen LogP contribution in [0.15, 0.2) is 30.3 Å². The summed E-state index contributed by atoms with van der Waals surface area (Å²) in [5, 5.41) is 8.97. The van der Waals surface area contributed by atoms with Gasteiger partial charge < -0.3 is 10.0 Å². The normalized spacial score (nSPS) is 12.2. The van der Waals surface area contributed by atoms with Crippen LogP contribution in [0.1, 0.15) is 20.8 Å². The zero-order valence-electron chi connectivity index (χ0n) is 13.0. The van der Waals surface area contributed by atoms with Crippen molar-refractivity contribution in [2.24, 2.45) is 5.92 Å². The monoisotopic (exact) mass is 292 g/mol. The van der Waals surface area contributed by atoms with E-state index in [2.05, 4.69) is 0 Å². The second kappa shape index (κ2) is 8.42. The molecule has 0 aromatic heterocycles. The van der Waals surface area contributed by atoms with Gasteiger partial charge in [-0.1, -0.05) is 32.0 Å². The molecule has 0 spiro atoms. The Kier molecular flexibility index (Phi) is 6.88. The number of hydrogen-bond donors (Lipinski definition) is 1. The van der Waals surface area contributed by atoms with E-state index in [1.807, 2.05) is 49.1 Å². The van der Waals surface area contributed by atoms with Crippen molar-refractivity contribution >= 4 is 17.6 Å². The molecule has 1 aromatic carbocycles. The van der Waals surface area contributed by atoms with Crippen molar-refractivity contribution in [3.05, 3.63) is 30.3 Å². The van der Waals surface area contributed by atoms with E-state index in [1.54, 1.807) is 11.8 Å². The number of carbonyl (C=O) groups is 2. The fraction of sp³-hybridized carbons (Fsp3) is 0.500. The largest absolute Gasteiger partial charge is 0.481 e. The molecule has 1 aromatic rings. The van der Waals surface area contributed by atoms with E-state index < -0.39 is 11.9 Å². The lowest BCUT2D eigenvalue weighted by Crippen LogP contribution is -2.42. The van der Waals surface area contributed by atoms with Gasteiger partial charge in [0, 0.05) is 18.8 Å². The molecule has 0 saturated carbocycles. The van der Waals surface area contributed by atoms with E-state index >= 15 is 0 Å². The molecule has 21 heavy (non-hydrogen) atoms. The maximum atomic E-state index is 12.4. The van der Waals surface area contributed by atoms with Crippen molar-refractivity contribution in [2.45, 2.75) is 20.8 Å². The van der Waals surface area contributed by atoms with Gasteiger partial charge in [0.25, 0.3) is 0 Å². The molecular formula is C16H24N2O3. The lowest BCUT2D eigenvalue weighted by molar-refractivity contribution is -0.142. The van der Waals surface area contributed by atoms with E-state index in [0.717, 1.165) is 5.69 Å². The van der Waals surface area contributed by atoms with Crippen LogP contribution in [0, 0.1) is 5.92 Å². The summed E-state index contributed by atoms with van der Waals surface area (Å²) in [4.78, 5) is 26.9. The summed E-state index contributed by atoms with van der Waals surface area (Å²) in [6.45, 7) is 7.37. The number of para-hydroxylation sites is 1. The third-order valence-corrected chi connectivity index (χ3v) is 3.44. The predicted molar refractivity (Wildman–Crippen MR) is 83.4 cm³/mol. The number of hydrogen-bond acceptors (Lipinski definition) is 3. The molecule has 116 valence electrons. The van der Waals surface area contributed by atoms with Crippen LogP contribution in [0.2, 0.25) is 0 Å². The summed E-state index contributed by atoms with van der Waals surface area (Å²) >= 11 is 0. The summed E-state index contributed by atoms with van der Waals surface area (Å²) in [6, 6.07) is 9.51. The van der Waals surface area contributed by atoms with Crippen LogP contribution in [0.5, 0.6) is 0 Å². The number of rotatable bonds is 8. The van der Waals surface area contributed by atoms with E-state index in [0.29, 0.717) is 19.6 Å². The minimum atomic E-state index is -0.837. The molecule has 0 radical (unpaired) electrons. The van der Waals surface area contributed by atoms with Crippen molar-refractivity contribution in [1.82, 2.24) is 4.90 Å². The Morgan fingerprint density at radius 3 is 2.24 bits per heavy atom. The number of anilines is 1. The number of carbonyl (C=O) groups excluding carboxylic acids is 1. The number of likely N-dealkylation sites (N-methyl/N-ethyl adjacent to an activating group) is 2. The highest BCUT2D eigenvalue weighted by molar-refractivity contribution is 5.94. The Morgan fingerprint density at radius 1 is 1.14 bits per heavy atom. The highest BCUT2D eigenvalue weighted by Crippen LogP contribution is 2.13. The lowest BCUT2D eigenvalue weighted by atomic mass is 10.1. The number of aliphatic carboxylic acids is 1. The maximum Gasteiger partial charge on any atom is 0.307 e. The summed E-state index contributed by atoms with van der Waals surface area (Å²) in [7, 11) is 0. The topological polar surface area (TPSA) is 60.9 Å². The highest BCUT2D eigenvalue weighted by atomic mass is 16.4. The number of amides is 1. The molecule has 1 atom stereocenters. The number of benzene rings is 1. The van der Waals surface area contributed by atoms with Crippen LogP contribution in [0.3, 0.4) is 0 Å². The minimum absolute atomic E-state index is 0.0110. The molecule has 1 unspecified atom stereocenters. The molecule has 5 heteroatoms. The smallest absolute Gasteiger partial charge is 0.307 e. The van der Waals surface area contributed by atoms with Crippen molar-refractivity contribution in [1.29, 1.82) is 0 Å². The molecule has 0 bridgehead atoms. The highest BCUT2D eigenvalue weighted by Gasteiger charge is 2.20. The van der Waals surface area contributed by atoms with Gasteiger partial charge in [-0.15, -0.1) is 0 Å². The predicted octanol–water partition coefficient (Wildman–Crippen LogP) is 2.08. The van der Waals surface area contributed by atoms with Gasteiger partial charge in [0.05, 0.1) is 12.5 Å². The van der Waals surface area contributed by atoms with Gasteiger partial charge in [0.15, 0.2) is 0 Å². The first-order valence-electron chi connectivity index (χ1n) is 7.30. The molecule has 0 aliphatic rings. The fourth-order valence-corrected chi connectivity index (χ4v) is 2.16. The van der Waals surface area contributed by atoms with Crippen molar-refractivity contribution in [2.75, 3.05) is 31.1 Å². The summed E-state index contributed by atoms with van der Waals surface area (Å²) in [5.41, 5.74) is 0.868. The molecule has 1 N–H and O–H groups in total. The van der Waals surface area contributed by atoms with Crippen LogP contribution in [-0.2, 0) is 9.59 Å². The summed E-state index contributed by atoms with van der Waals surface area (Å²) in [6.07, 6.45) is 0. The number of carboxylic acids is 1. The standard InChI is InChI=1S/C16H24N2O3/c1-4-17(11-13(3)16(20)21)12-15(19)18(5-2)14-9-7-6-8-10-14/h6-10,13H,4-5,11-12H2,1-3H3,(H,20,21). The van der Waals surface area contributed by atoms with Crippen LogP contribution in [-0.4, -0.2) is 48.1 Å². The van der Waals surface area contributed by atoms with Gasteiger partial charge in [0.1, 0.15) is 0 Å². The number of carboxylic acid groups (broad SMARTS) is 1. The molecule has 1 rings (SSSR count). The van der Waals surface area contributed by atoms with E-state index in [4.69, 9.17) is 5.11 Å². The molecule has 0 saturated heterocycles. The van der Waals surface area contributed by atoms with Crippen molar-refractivity contribution in [3.63, 3.8) is 0 Å². The van der Waals surface area contributed by atoms with Gasteiger partial charge in [-0.05, 0) is 25.6 Å². The first-order valence-corrected chi connectivity index (χ1v) is 7.30. The summed E-state index contributed by atoms with van der Waals surface area (Å²) in [5.74, 6) is -1.33. The van der Waals surface area contributed by atoms with Gasteiger partial charge in [0.2, 0.25) is 5.91 Å². The third kappa shape index (κ3) is 5.19. The van der Waals surface area contributed by atoms with Gasteiger partial charge in [-0.3, -0.25) is 14.5 Å². The molecular weight excluding hydrogens is 268 g/mol. The molecule has 5 nitrogen and oxygen atoms in total. The molecule has 0 aliphatic carbocycles. The quantitative estimate of drug-likeness (QED) is 0.797. The Morgan fingerprint density at radius 2 is 1.76 bits per heavy atom. The second-order valence-electron chi connectivity index (χ2n) is 5.04. The second-order valence-corrected chi connectivity index (χ2v) is 5.04. The first-order chi connectivity index (χ1) is 9.99. The third-order valence-electron chi connectivity index (χ3n) is 3.44. The maximum absolute atomic E-state index is 12.4. The minimum Gasteiger partial charge on any atom is -0.481 e. The van der Waals surface area contributed by atoms with Crippen molar-refractivity contribution in [3.8, 4) is 0 Å². The molecule has 0 fully saturated rings. The zero-order chi connectivity index (χ0) is 15.8. The zero-order valence-corrected chi connectivity index (χ0v) is 13.0. The average molecular weight is 292 g/mol. The van der Waals surface area contributed by atoms with Crippen molar-refractivity contribution < 1.29 is 14.7 Å². The molecule has 0 aliphatic heterocycles. The van der Waals surface area contributed by atoms with E-state index in [9.17, 15) is 9.59 Å². The Balaban J connectivity index is 2.70. The van der Waals surface area contributed by atoms with Gasteiger partial charge >= 0.3 is 5.97 Å². The van der Waals surface area contributed by atoms with Gasteiger partial charge in [-0.25, -0.2) is 0 Å². The first kappa shape index (κ1) is 17.2. The van der Waals surface area contributed by atoms with Crippen LogP contribution < -0.4 is 4.90 Å². The lowest BCUT2D eigenvalue weighted by Gasteiger charge is -2.27. The summed E-state index contributed by atoms with van der Waals surface area (Å²) < 4.78 is 0. The molecule has 0 heterocycles. The Labute approximate surface area is 126 Å². The average Bonchev–Trinajstić information content (AvgIpc) is 2.48. The fourth-order valence-electron chi connectivity index (χ4n) is 2.16. The van der Waals surface area contributed by atoms with E-state index in [-0.39, 0.29) is 12.5 Å². The van der Waals surface area contributed by atoms with Crippen LogP contribution in [0.4, 0.5) is 5.69 Å². The Hall–Kier alpha value is -1.88. The Bertz CT molecular complexity index is 462.